The molecule has 0 bridgehead atoms. The molecule has 2 rings (SSSR count). The first-order valence-corrected chi connectivity index (χ1v) is 7.01. The van der Waals surface area contributed by atoms with Gasteiger partial charge in [-0.25, -0.2) is 4.98 Å². The molecule has 0 aliphatic heterocycles. The van der Waals surface area contributed by atoms with Crippen molar-refractivity contribution in [1.29, 1.82) is 0 Å². The number of hydrogen-bond acceptors (Lipinski definition) is 3. The molecule has 2 aromatic rings. The topological polar surface area (TPSA) is 45.2 Å². The quantitative estimate of drug-likeness (QED) is 0.916. The highest BCUT2D eigenvalue weighted by Crippen LogP contribution is 2.16. The Bertz CT molecular complexity index is 596. The second-order valence-electron chi connectivity index (χ2n) is 5.26. The van der Waals surface area contributed by atoms with E-state index in [1.807, 2.05) is 51.4 Å². The smallest absolute Gasteiger partial charge is 0.269 e. The molecule has 110 valence electrons. The van der Waals surface area contributed by atoms with E-state index in [0.717, 1.165) is 5.69 Å². The molecule has 1 amide bonds. The van der Waals surface area contributed by atoms with Crippen LogP contribution in [0.4, 0.5) is 0 Å². The molecular weight excluding hydrogens is 262 g/mol. The lowest BCUT2D eigenvalue weighted by Gasteiger charge is -2.25. The predicted octanol–water partition coefficient (Wildman–Crippen LogP) is 2.42. The highest BCUT2D eigenvalue weighted by atomic mass is 16.1. The normalized spacial score (nSPS) is 12.2. The largest absolute Gasteiger partial charge is 0.349 e. The number of nitrogens with one attached hydrogen (secondary N) is 1. The number of aromatic nitrogens is 1. The van der Waals surface area contributed by atoms with Crippen molar-refractivity contribution in [2.45, 2.75) is 13.0 Å². The van der Waals surface area contributed by atoms with Crippen LogP contribution in [0.3, 0.4) is 0 Å². The fourth-order valence-electron chi connectivity index (χ4n) is 2.22. The summed E-state index contributed by atoms with van der Waals surface area (Å²) < 4.78 is 0. The summed E-state index contributed by atoms with van der Waals surface area (Å²) in [5.41, 5.74) is 2.48. The van der Waals surface area contributed by atoms with E-state index in [2.05, 4.69) is 27.3 Å². The minimum absolute atomic E-state index is 0.138. The highest BCUT2D eigenvalue weighted by Gasteiger charge is 2.16. The number of nitrogens with zero attached hydrogens (tertiary/aromatic N) is 2. The third kappa shape index (κ3) is 4.13. The van der Waals surface area contributed by atoms with Gasteiger partial charge in [0.25, 0.3) is 5.91 Å². The Morgan fingerprint density at radius 3 is 2.48 bits per heavy atom. The zero-order chi connectivity index (χ0) is 15.2. The molecule has 0 fully saturated rings. The van der Waals surface area contributed by atoms with E-state index >= 15 is 0 Å². The van der Waals surface area contributed by atoms with Crippen molar-refractivity contribution < 1.29 is 4.79 Å². The van der Waals surface area contributed by atoms with Crippen LogP contribution < -0.4 is 5.32 Å². The molecule has 1 heterocycles. The summed E-state index contributed by atoms with van der Waals surface area (Å²) in [5, 5.41) is 2.96. The van der Waals surface area contributed by atoms with Crippen LogP contribution in [0.15, 0.2) is 48.5 Å². The first-order valence-electron chi connectivity index (χ1n) is 7.01. The number of amides is 1. The Morgan fingerprint density at radius 1 is 1.14 bits per heavy atom. The molecule has 1 atom stereocenters. The van der Waals surface area contributed by atoms with Gasteiger partial charge in [-0.15, -0.1) is 0 Å². The Hall–Kier alpha value is -2.20. The van der Waals surface area contributed by atoms with Crippen LogP contribution in [0.2, 0.25) is 0 Å². The number of benzene rings is 1. The van der Waals surface area contributed by atoms with Gasteiger partial charge in [-0.2, -0.15) is 0 Å². The lowest BCUT2D eigenvalue weighted by atomic mass is 10.1. The lowest BCUT2D eigenvalue weighted by molar-refractivity contribution is 0.0936. The van der Waals surface area contributed by atoms with Gasteiger partial charge >= 0.3 is 0 Å². The van der Waals surface area contributed by atoms with E-state index in [1.54, 1.807) is 6.07 Å². The monoisotopic (exact) mass is 283 g/mol. The SMILES string of the molecule is Cc1cccc(C(=O)NCC(c2ccccc2)N(C)C)n1. The number of likely N-dealkylation sites (N-methyl/N-ethyl adjacent to an activating group) is 1. The molecule has 1 unspecified atom stereocenters. The van der Waals surface area contributed by atoms with E-state index in [4.69, 9.17) is 0 Å². The lowest BCUT2D eigenvalue weighted by Crippen LogP contribution is -2.34. The van der Waals surface area contributed by atoms with Crippen LogP contribution in [-0.2, 0) is 0 Å². The fourth-order valence-corrected chi connectivity index (χ4v) is 2.22. The molecule has 1 aromatic carbocycles. The number of carbonyl (C=O) groups excluding carboxylic acids is 1. The maximum absolute atomic E-state index is 12.2. The average Bonchev–Trinajstić information content (AvgIpc) is 2.48. The van der Waals surface area contributed by atoms with Gasteiger partial charge in [0.1, 0.15) is 5.69 Å². The number of carbonyl (C=O) groups is 1. The first-order chi connectivity index (χ1) is 10.1. The zero-order valence-electron chi connectivity index (χ0n) is 12.7. The van der Waals surface area contributed by atoms with E-state index in [1.165, 1.54) is 5.56 Å². The second kappa shape index (κ2) is 6.99. The van der Waals surface area contributed by atoms with Crippen molar-refractivity contribution in [2.75, 3.05) is 20.6 Å². The molecule has 0 aliphatic carbocycles. The van der Waals surface area contributed by atoms with Crippen molar-refractivity contribution in [1.82, 2.24) is 15.2 Å². The van der Waals surface area contributed by atoms with Crippen molar-refractivity contribution in [3.05, 3.63) is 65.5 Å². The summed E-state index contributed by atoms with van der Waals surface area (Å²) in [6, 6.07) is 15.7. The molecule has 21 heavy (non-hydrogen) atoms. The van der Waals surface area contributed by atoms with Crippen LogP contribution in [0.5, 0.6) is 0 Å². The van der Waals surface area contributed by atoms with E-state index in [9.17, 15) is 4.79 Å². The summed E-state index contributed by atoms with van der Waals surface area (Å²) in [4.78, 5) is 18.5. The molecule has 1 aromatic heterocycles. The second-order valence-corrected chi connectivity index (χ2v) is 5.26. The number of aryl methyl sites for hydroxylation is 1. The van der Waals surface area contributed by atoms with Crippen LogP contribution in [0.25, 0.3) is 0 Å². The molecule has 0 radical (unpaired) electrons. The van der Waals surface area contributed by atoms with Crippen LogP contribution >= 0.6 is 0 Å². The first kappa shape index (κ1) is 15.2. The molecular formula is C17H21N3O. The van der Waals surface area contributed by atoms with Crippen LogP contribution in [-0.4, -0.2) is 36.4 Å². The molecule has 0 spiro atoms. The standard InChI is InChI=1S/C17H21N3O/c1-13-8-7-11-15(19-13)17(21)18-12-16(20(2)3)14-9-5-4-6-10-14/h4-11,16H,12H2,1-3H3,(H,18,21). The molecule has 4 nitrogen and oxygen atoms in total. The van der Waals surface area contributed by atoms with Gasteiger partial charge in [0.05, 0.1) is 6.04 Å². The molecule has 0 aliphatic rings. The molecule has 0 saturated heterocycles. The summed E-state index contributed by atoms with van der Waals surface area (Å²) >= 11 is 0. The van der Waals surface area contributed by atoms with Crippen molar-refractivity contribution in [3.8, 4) is 0 Å². The Morgan fingerprint density at radius 2 is 1.86 bits per heavy atom. The maximum Gasteiger partial charge on any atom is 0.269 e. The molecule has 0 saturated carbocycles. The van der Waals surface area contributed by atoms with Crippen molar-refractivity contribution in [2.24, 2.45) is 0 Å². The number of pyridine rings is 1. The zero-order valence-corrected chi connectivity index (χ0v) is 12.7. The van der Waals surface area contributed by atoms with Gasteiger partial charge in [0, 0.05) is 12.2 Å². The fraction of sp³-hybridized carbons (Fsp3) is 0.294. The third-order valence-corrected chi connectivity index (χ3v) is 3.38. The van der Waals surface area contributed by atoms with E-state index < -0.39 is 0 Å². The van der Waals surface area contributed by atoms with Gasteiger partial charge in [0.15, 0.2) is 0 Å². The Kier molecular flexibility index (Phi) is 5.06. The number of rotatable bonds is 5. The summed E-state index contributed by atoms with van der Waals surface area (Å²) in [5.74, 6) is -0.138. The van der Waals surface area contributed by atoms with Gasteiger partial charge in [-0.1, -0.05) is 36.4 Å². The summed E-state index contributed by atoms with van der Waals surface area (Å²) in [6.45, 7) is 2.43. The molecule has 4 heteroatoms. The van der Waals surface area contributed by atoms with Gasteiger partial charge in [0.2, 0.25) is 0 Å². The average molecular weight is 283 g/mol. The van der Waals surface area contributed by atoms with Gasteiger partial charge in [-0.05, 0) is 38.7 Å². The van der Waals surface area contributed by atoms with Crippen molar-refractivity contribution in [3.63, 3.8) is 0 Å². The van der Waals surface area contributed by atoms with Gasteiger partial charge in [-0.3, -0.25) is 4.79 Å². The van der Waals surface area contributed by atoms with Crippen LogP contribution in [0.1, 0.15) is 27.8 Å². The van der Waals surface area contributed by atoms with E-state index in [-0.39, 0.29) is 11.9 Å². The van der Waals surface area contributed by atoms with Gasteiger partial charge < -0.3 is 10.2 Å². The Balaban J connectivity index is 2.04. The summed E-state index contributed by atoms with van der Waals surface area (Å²) in [7, 11) is 4.02. The predicted molar refractivity (Wildman–Crippen MR) is 84.2 cm³/mol. The number of hydrogen-bond donors (Lipinski definition) is 1. The van der Waals surface area contributed by atoms with E-state index in [0.29, 0.717) is 12.2 Å². The summed E-state index contributed by atoms with van der Waals surface area (Å²) in [6.07, 6.45) is 0. The molecule has 1 N–H and O–H groups in total. The minimum Gasteiger partial charge on any atom is -0.349 e. The van der Waals surface area contributed by atoms with Crippen molar-refractivity contribution >= 4 is 5.91 Å². The Labute approximate surface area is 125 Å². The van der Waals surface area contributed by atoms with Crippen LogP contribution in [0, 0.1) is 6.92 Å². The third-order valence-electron chi connectivity index (χ3n) is 3.38. The highest BCUT2D eigenvalue weighted by molar-refractivity contribution is 5.92. The minimum atomic E-state index is -0.138. The maximum atomic E-state index is 12.2.